The van der Waals surface area contributed by atoms with Gasteiger partial charge in [-0.1, -0.05) is 29.5 Å². The fourth-order valence-corrected chi connectivity index (χ4v) is 3.23. The Balaban J connectivity index is 1.34. The van der Waals surface area contributed by atoms with Gasteiger partial charge in [-0.15, -0.1) is 5.10 Å². The van der Waals surface area contributed by atoms with Crippen LogP contribution in [-0.2, 0) is 17.9 Å². The fraction of sp³-hybridized carbons (Fsp3) is 0.316. The van der Waals surface area contributed by atoms with E-state index in [1.165, 1.54) is 18.5 Å². The van der Waals surface area contributed by atoms with Crippen molar-refractivity contribution in [2.45, 2.75) is 25.9 Å². The van der Waals surface area contributed by atoms with Crippen molar-refractivity contribution < 1.29 is 4.79 Å². The zero-order valence-electron chi connectivity index (χ0n) is 14.1. The molecule has 3 aromatic rings. The Morgan fingerprint density at radius 2 is 1.80 bits per heavy atom. The molecule has 1 saturated heterocycles. The van der Waals surface area contributed by atoms with Gasteiger partial charge in [0.1, 0.15) is 12.1 Å². The highest BCUT2D eigenvalue weighted by Gasteiger charge is 2.12. The predicted octanol–water partition coefficient (Wildman–Crippen LogP) is 2.35. The molecule has 0 radical (unpaired) electrons. The van der Waals surface area contributed by atoms with Crippen LogP contribution in [0.4, 0.5) is 5.69 Å². The van der Waals surface area contributed by atoms with Crippen molar-refractivity contribution >= 4 is 22.6 Å². The van der Waals surface area contributed by atoms with Gasteiger partial charge in [0.2, 0.25) is 5.91 Å². The van der Waals surface area contributed by atoms with Crippen molar-refractivity contribution in [3.05, 3.63) is 54.1 Å². The van der Waals surface area contributed by atoms with Crippen LogP contribution >= 0.6 is 0 Å². The Kier molecular flexibility index (Phi) is 4.33. The summed E-state index contributed by atoms with van der Waals surface area (Å²) in [5.41, 5.74) is 4.03. The first-order chi connectivity index (χ1) is 12.3. The van der Waals surface area contributed by atoms with Gasteiger partial charge in [0, 0.05) is 25.3 Å². The molecule has 1 aliphatic heterocycles. The topological polar surface area (TPSA) is 63.1 Å². The molecule has 0 bridgehead atoms. The van der Waals surface area contributed by atoms with Crippen LogP contribution in [0.15, 0.2) is 48.5 Å². The van der Waals surface area contributed by atoms with E-state index in [2.05, 4.69) is 44.8 Å². The van der Waals surface area contributed by atoms with Gasteiger partial charge < -0.3 is 10.2 Å². The smallest absolute Gasteiger partial charge is 0.242 e. The molecule has 0 aliphatic carbocycles. The summed E-state index contributed by atoms with van der Waals surface area (Å²) in [5, 5.41) is 11.1. The quantitative estimate of drug-likeness (QED) is 0.777. The molecule has 2 heterocycles. The van der Waals surface area contributed by atoms with E-state index in [-0.39, 0.29) is 12.5 Å². The van der Waals surface area contributed by atoms with Gasteiger partial charge in [-0.25, -0.2) is 4.68 Å². The maximum absolute atomic E-state index is 12.2. The zero-order valence-corrected chi connectivity index (χ0v) is 14.1. The number of carbonyl (C=O) groups is 1. The van der Waals surface area contributed by atoms with Gasteiger partial charge in [0.15, 0.2) is 0 Å². The first-order valence-corrected chi connectivity index (χ1v) is 8.68. The third-order valence-electron chi connectivity index (χ3n) is 4.61. The molecule has 25 heavy (non-hydrogen) atoms. The van der Waals surface area contributed by atoms with Crippen LogP contribution < -0.4 is 10.2 Å². The number of anilines is 1. The SMILES string of the molecule is O=C(Cn1nnc2ccccc21)NCc1ccc(N2CCCC2)cc1. The van der Waals surface area contributed by atoms with E-state index in [0.717, 1.165) is 29.7 Å². The number of para-hydroxylation sites is 1. The number of amides is 1. The van der Waals surface area contributed by atoms with Gasteiger partial charge >= 0.3 is 0 Å². The Labute approximate surface area is 146 Å². The van der Waals surface area contributed by atoms with Crippen LogP contribution in [0, 0.1) is 0 Å². The van der Waals surface area contributed by atoms with Crippen molar-refractivity contribution in [1.29, 1.82) is 0 Å². The summed E-state index contributed by atoms with van der Waals surface area (Å²) < 4.78 is 1.63. The number of hydrogen-bond donors (Lipinski definition) is 1. The zero-order chi connectivity index (χ0) is 17.1. The van der Waals surface area contributed by atoms with Gasteiger partial charge in [-0.2, -0.15) is 0 Å². The van der Waals surface area contributed by atoms with Crippen LogP contribution in [0.5, 0.6) is 0 Å². The van der Waals surface area contributed by atoms with E-state index in [1.54, 1.807) is 4.68 Å². The minimum Gasteiger partial charge on any atom is -0.372 e. The number of nitrogens with zero attached hydrogens (tertiary/aromatic N) is 4. The van der Waals surface area contributed by atoms with Crippen LogP contribution in [0.25, 0.3) is 11.0 Å². The molecule has 1 amide bonds. The number of benzene rings is 2. The molecule has 0 atom stereocenters. The lowest BCUT2D eigenvalue weighted by atomic mass is 10.2. The Hall–Kier alpha value is -2.89. The highest BCUT2D eigenvalue weighted by Crippen LogP contribution is 2.20. The molecule has 0 saturated carbocycles. The third kappa shape index (κ3) is 3.47. The molecule has 1 fully saturated rings. The predicted molar refractivity (Wildman–Crippen MR) is 97.3 cm³/mol. The molecule has 1 aliphatic rings. The summed E-state index contributed by atoms with van der Waals surface area (Å²) in [6, 6.07) is 16.1. The van der Waals surface area contributed by atoms with Crippen LogP contribution in [0.2, 0.25) is 0 Å². The number of aromatic nitrogens is 3. The molecule has 6 nitrogen and oxygen atoms in total. The van der Waals surface area contributed by atoms with Crippen LogP contribution in [0.1, 0.15) is 18.4 Å². The molecule has 1 N–H and O–H groups in total. The summed E-state index contributed by atoms with van der Waals surface area (Å²) in [7, 11) is 0. The summed E-state index contributed by atoms with van der Waals surface area (Å²) in [5.74, 6) is -0.0701. The second kappa shape index (κ2) is 6.93. The number of rotatable bonds is 5. The molecular weight excluding hydrogens is 314 g/mol. The maximum Gasteiger partial charge on any atom is 0.242 e. The Morgan fingerprint density at radius 1 is 1.04 bits per heavy atom. The number of nitrogens with one attached hydrogen (secondary N) is 1. The fourth-order valence-electron chi connectivity index (χ4n) is 3.23. The number of hydrogen-bond acceptors (Lipinski definition) is 4. The first kappa shape index (κ1) is 15.6. The molecular formula is C19H21N5O. The van der Waals surface area contributed by atoms with Crippen LogP contribution in [-0.4, -0.2) is 34.0 Å². The monoisotopic (exact) mass is 335 g/mol. The van der Waals surface area contributed by atoms with Crippen molar-refractivity contribution in [2.75, 3.05) is 18.0 Å². The summed E-state index contributed by atoms with van der Waals surface area (Å²) in [4.78, 5) is 14.6. The molecule has 6 heteroatoms. The first-order valence-electron chi connectivity index (χ1n) is 8.68. The lowest BCUT2D eigenvalue weighted by Crippen LogP contribution is -2.27. The molecule has 128 valence electrons. The van der Waals surface area contributed by atoms with E-state index in [4.69, 9.17) is 0 Å². The van der Waals surface area contributed by atoms with Crippen molar-refractivity contribution in [3.8, 4) is 0 Å². The van der Waals surface area contributed by atoms with E-state index >= 15 is 0 Å². The van der Waals surface area contributed by atoms with Crippen LogP contribution in [0.3, 0.4) is 0 Å². The van der Waals surface area contributed by atoms with Gasteiger partial charge in [-0.05, 0) is 42.7 Å². The average Bonchev–Trinajstić information content (AvgIpc) is 3.31. The van der Waals surface area contributed by atoms with E-state index in [9.17, 15) is 4.79 Å². The second-order valence-electron chi connectivity index (χ2n) is 6.37. The minimum absolute atomic E-state index is 0.0701. The van der Waals surface area contributed by atoms with Gasteiger partial charge in [0.25, 0.3) is 0 Å². The normalized spacial score (nSPS) is 14.2. The molecule has 1 aromatic heterocycles. The molecule has 0 unspecified atom stereocenters. The average molecular weight is 335 g/mol. The molecule has 4 rings (SSSR count). The maximum atomic E-state index is 12.2. The summed E-state index contributed by atoms with van der Waals surface area (Å²) in [6.07, 6.45) is 2.55. The largest absolute Gasteiger partial charge is 0.372 e. The van der Waals surface area contributed by atoms with Gasteiger partial charge in [-0.3, -0.25) is 4.79 Å². The minimum atomic E-state index is -0.0701. The van der Waals surface area contributed by atoms with E-state index < -0.39 is 0 Å². The van der Waals surface area contributed by atoms with Crippen molar-refractivity contribution in [1.82, 2.24) is 20.3 Å². The molecule has 2 aromatic carbocycles. The number of fused-ring (bicyclic) bond motifs is 1. The van der Waals surface area contributed by atoms with E-state index in [0.29, 0.717) is 6.54 Å². The highest BCUT2D eigenvalue weighted by molar-refractivity contribution is 5.79. The second-order valence-corrected chi connectivity index (χ2v) is 6.37. The van der Waals surface area contributed by atoms with Crippen molar-refractivity contribution in [3.63, 3.8) is 0 Å². The summed E-state index contributed by atoms with van der Waals surface area (Å²) >= 11 is 0. The number of carbonyl (C=O) groups excluding carboxylic acids is 1. The van der Waals surface area contributed by atoms with Gasteiger partial charge in [0.05, 0.1) is 5.52 Å². The highest BCUT2D eigenvalue weighted by atomic mass is 16.2. The van der Waals surface area contributed by atoms with E-state index in [1.807, 2.05) is 24.3 Å². The lowest BCUT2D eigenvalue weighted by molar-refractivity contribution is -0.121. The third-order valence-corrected chi connectivity index (χ3v) is 4.61. The van der Waals surface area contributed by atoms with Crippen molar-refractivity contribution in [2.24, 2.45) is 0 Å². The lowest BCUT2D eigenvalue weighted by Gasteiger charge is -2.17. The Morgan fingerprint density at radius 3 is 2.60 bits per heavy atom. The standard InChI is InChI=1S/C19H21N5O/c25-19(14-24-18-6-2-1-5-17(18)21-22-24)20-13-15-7-9-16(10-8-15)23-11-3-4-12-23/h1-2,5-10H,3-4,11-14H2,(H,20,25). The Bertz CT molecular complexity index is 865. The summed E-state index contributed by atoms with van der Waals surface area (Å²) in [6.45, 7) is 2.97. The molecule has 0 spiro atoms.